The third kappa shape index (κ3) is 5.46. The van der Waals surface area contributed by atoms with Gasteiger partial charge in [-0.15, -0.1) is 5.10 Å². The molecule has 0 saturated carbocycles. The van der Waals surface area contributed by atoms with E-state index in [-0.39, 0.29) is 33.6 Å². The van der Waals surface area contributed by atoms with Gasteiger partial charge < -0.3 is 9.47 Å². The lowest BCUT2D eigenvalue weighted by Gasteiger charge is -2.14. The molecule has 0 fully saturated rings. The van der Waals surface area contributed by atoms with Crippen molar-refractivity contribution >= 4 is 22.4 Å². The highest BCUT2D eigenvalue weighted by atomic mass is 32.1. The van der Waals surface area contributed by atoms with Crippen LogP contribution in [0.1, 0.15) is 21.6 Å². The maximum absolute atomic E-state index is 14.6. The Bertz CT molecular complexity index is 1300. The molecule has 0 spiro atoms. The van der Waals surface area contributed by atoms with Crippen molar-refractivity contribution < 1.29 is 27.4 Å². The Morgan fingerprint density at radius 1 is 1.15 bits per heavy atom. The van der Waals surface area contributed by atoms with Crippen LogP contribution in [-0.2, 0) is 6.61 Å². The fourth-order valence-corrected chi connectivity index (χ4v) is 3.54. The highest BCUT2D eigenvalue weighted by Crippen LogP contribution is 2.35. The van der Waals surface area contributed by atoms with Crippen LogP contribution >= 0.6 is 11.3 Å². The van der Waals surface area contributed by atoms with Crippen LogP contribution in [0.2, 0.25) is 0 Å². The number of hydrogen-bond acceptors (Lipinski definition) is 8. The largest absolute Gasteiger partial charge is 0.462 e. The molecule has 0 bridgehead atoms. The van der Waals surface area contributed by atoms with Crippen LogP contribution in [0.25, 0.3) is 11.1 Å². The first kappa shape index (κ1) is 23.1. The van der Waals surface area contributed by atoms with Crippen LogP contribution < -0.4 is 14.8 Å². The normalized spacial score (nSPS) is 10.9. The molecule has 0 atom stereocenters. The summed E-state index contributed by atoms with van der Waals surface area (Å²) in [5.41, 5.74) is 1.34. The number of anilines is 1. The number of carbonyl (C=O) groups excluding carboxylic acids is 1. The van der Waals surface area contributed by atoms with Gasteiger partial charge >= 0.3 is 6.61 Å². The molecule has 0 aliphatic rings. The maximum Gasteiger partial charge on any atom is 0.387 e. The Morgan fingerprint density at radius 2 is 2.00 bits per heavy atom. The van der Waals surface area contributed by atoms with Gasteiger partial charge in [0.05, 0.1) is 16.8 Å². The van der Waals surface area contributed by atoms with Gasteiger partial charge in [-0.3, -0.25) is 20.1 Å². The zero-order valence-electron chi connectivity index (χ0n) is 17.5. The van der Waals surface area contributed by atoms with Crippen molar-refractivity contribution in [3.05, 3.63) is 77.6 Å². The SMILES string of the molecule is Cc1ccc(COc2nnc(NC(=O)c3ccncc3-c3c(F)cccc3OC(F)F)s2)nc1. The molecule has 0 unspecified atom stereocenters. The molecule has 8 nitrogen and oxygen atoms in total. The summed E-state index contributed by atoms with van der Waals surface area (Å²) >= 11 is 0.977. The number of halogens is 3. The molecule has 12 heteroatoms. The van der Waals surface area contributed by atoms with E-state index in [9.17, 15) is 18.0 Å². The summed E-state index contributed by atoms with van der Waals surface area (Å²) in [7, 11) is 0. The van der Waals surface area contributed by atoms with Crippen LogP contribution in [0.3, 0.4) is 0 Å². The van der Waals surface area contributed by atoms with E-state index in [0.717, 1.165) is 23.0 Å². The first-order valence-corrected chi connectivity index (χ1v) is 10.6. The van der Waals surface area contributed by atoms with E-state index in [1.807, 2.05) is 19.1 Å². The molecule has 174 valence electrons. The molecule has 0 saturated heterocycles. The summed E-state index contributed by atoms with van der Waals surface area (Å²) in [4.78, 5) is 21.0. The Morgan fingerprint density at radius 3 is 2.76 bits per heavy atom. The van der Waals surface area contributed by atoms with Gasteiger partial charge in [0.2, 0.25) is 5.13 Å². The molecule has 3 heterocycles. The van der Waals surface area contributed by atoms with Gasteiger partial charge in [0.25, 0.3) is 11.1 Å². The standard InChI is InChI=1S/C22H16F3N5O3S/c1-12-5-6-13(27-9-12)11-32-22-30-29-21(34-22)28-19(31)14-7-8-26-10-15(14)18-16(23)3-2-4-17(18)33-20(24)25/h2-10,20H,11H2,1H3,(H,28,29,31). The summed E-state index contributed by atoms with van der Waals surface area (Å²) < 4.78 is 50.2. The number of carbonyl (C=O) groups is 1. The second kappa shape index (κ2) is 10.3. The number of ether oxygens (including phenoxy) is 2. The van der Waals surface area contributed by atoms with Gasteiger partial charge in [-0.2, -0.15) is 8.78 Å². The molecule has 3 aromatic heterocycles. The third-order valence-electron chi connectivity index (χ3n) is 4.47. The van der Waals surface area contributed by atoms with Crippen molar-refractivity contribution in [3.63, 3.8) is 0 Å². The molecule has 1 aromatic carbocycles. The van der Waals surface area contributed by atoms with Crippen LogP contribution in [0, 0.1) is 12.7 Å². The molecule has 1 N–H and O–H groups in total. The third-order valence-corrected chi connectivity index (χ3v) is 5.22. The lowest BCUT2D eigenvalue weighted by atomic mass is 10.00. The second-order valence-electron chi connectivity index (χ2n) is 6.86. The van der Waals surface area contributed by atoms with E-state index >= 15 is 0 Å². The highest BCUT2D eigenvalue weighted by molar-refractivity contribution is 7.17. The smallest absolute Gasteiger partial charge is 0.387 e. The second-order valence-corrected chi connectivity index (χ2v) is 7.80. The summed E-state index contributed by atoms with van der Waals surface area (Å²) in [5, 5.41) is 10.6. The number of alkyl halides is 2. The highest BCUT2D eigenvalue weighted by Gasteiger charge is 2.22. The number of rotatable bonds is 8. The van der Waals surface area contributed by atoms with E-state index in [4.69, 9.17) is 4.74 Å². The fraction of sp³-hybridized carbons (Fsp3) is 0.136. The molecule has 0 aliphatic carbocycles. The van der Waals surface area contributed by atoms with Crippen molar-refractivity contribution in [2.75, 3.05) is 5.32 Å². The minimum atomic E-state index is -3.18. The summed E-state index contributed by atoms with van der Waals surface area (Å²) in [5.74, 6) is -1.95. The summed E-state index contributed by atoms with van der Waals surface area (Å²) in [6.07, 6.45) is 4.22. The topological polar surface area (TPSA) is 99.1 Å². The number of pyridine rings is 2. The summed E-state index contributed by atoms with van der Waals surface area (Å²) in [6.45, 7) is -1.09. The zero-order valence-corrected chi connectivity index (χ0v) is 18.4. The molecule has 0 aliphatic heterocycles. The molecule has 4 rings (SSSR count). The van der Waals surface area contributed by atoms with Crippen molar-refractivity contribution in [2.45, 2.75) is 20.1 Å². The van der Waals surface area contributed by atoms with Gasteiger partial charge in [0, 0.05) is 24.2 Å². The number of nitrogens with one attached hydrogen (secondary N) is 1. The first-order valence-electron chi connectivity index (χ1n) is 9.77. The van der Waals surface area contributed by atoms with Crippen LogP contribution in [0.15, 0.2) is 55.0 Å². The van der Waals surface area contributed by atoms with Crippen molar-refractivity contribution in [2.24, 2.45) is 0 Å². The molecule has 1 amide bonds. The van der Waals surface area contributed by atoms with Gasteiger partial charge in [-0.25, -0.2) is 4.39 Å². The van der Waals surface area contributed by atoms with Gasteiger partial charge in [0.15, 0.2) is 0 Å². The number of benzene rings is 1. The van der Waals surface area contributed by atoms with Gasteiger partial charge in [-0.05, 0) is 48.1 Å². The molecular weight excluding hydrogens is 471 g/mol. The van der Waals surface area contributed by atoms with Crippen molar-refractivity contribution in [1.29, 1.82) is 0 Å². The Kier molecular flexibility index (Phi) is 6.97. The number of amides is 1. The molecular formula is C22H16F3N5O3S. The minimum Gasteiger partial charge on any atom is -0.462 e. The zero-order chi connectivity index (χ0) is 24.1. The Hall–Kier alpha value is -4.06. The van der Waals surface area contributed by atoms with Gasteiger partial charge in [0.1, 0.15) is 18.2 Å². The van der Waals surface area contributed by atoms with E-state index < -0.39 is 24.1 Å². The molecule has 34 heavy (non-hydrogen) atoms. The average molecular weight is 487 g/mol. The average Bonchev–Trinajstić information content (AvgIpc) is 3.26. The Labute approximate surface area is 195 Å². The lowest BCUT2D eigenvalue weighted by molar-refractivity contribution is -0.0495. The number of aryl methyl sites for hydroxylation is 1. The molecule has 0 radical (unpaired) electrons. The quantitative estimate of drug-likeness (QED) is 0.378. The van der Waals surface area contributed by atoms with Crippen LogP contribution in [0.5, 0.6) is 10.9 Å². The minimum absolute atomic E-state index is 0.0271. The fourth-order valence-electron chi connectivity index (χ4n) is 2.95. The number of aromatic nitrogens is 4. The van der Waals surface area contributed by atoms with Crippen molar-refractivity contribution in [1.82, 2.24) is 20.2 Å². The molecule has 4 aromatic rings. The Balaban J connectivity index is 1.52. The summed E-state index contributed by atoms with van der Waals surface area (Å²) in [6, 6.07) is 8.51. The van der Waals surface area contributed by atoms with Crippen LogP contribution in [-0.4, -0.2) is 32.7 Å². The van der Waals surface area contributed by atoms with Crippen molar-refractivity contribution in [3.8, 4) is 22.1 Å². The van der Waals surface area contributed by atoms with E-state index in [2.05, 4.69) is 30.2 Å². The van der Waals surface area contributed by atoms with Crippen LogP contribution in [0.4, 0.5) is 18.3 Å². The number of nitrogens with zero attached hydrogens (tertiary/aromatic N) is 4. The van der Waals surface area contributed by atoms with E-state index in [1.54, 1.807) is 6.20 Å². The predicted octanol–water partition coefficient (Wildman–Crippen LogP) is 4.88. The van der Waals surface area contributed by atoms with E-state index in [0.29, 0.717) is 5.69 Å². The monoisotopic (exact) mass is 487 g/mol. The maximum atomic E-state index is 14.6. The van der Waals surface area contributed by atoms with E-state index in [1.165, 1.54) is 30.6 Å². The number of hydrogen-bond donors (Lipinski definition) is 1. The first-order chi connectivity index (χ1) is 16.4. The lowest BCUT2D eigenvalue weighted by Crippen LogP contribution is -2.14. The van der Waals surface area contributed by atoms with Gasteiger partial charge in [-0.1, -0.05) is 17.2 Å². The predicted molar refractivity (Wildman–Crippen MR) is 117 cm³/mol.